The second-order valence-electron chi connectivity index (χ2n) is 9.75. The topological polar surface area (TPSA) is 64.7 Å². The first-order chi connectivity index (χ1) is 13.4. The summed E-state index contributed by atoms with van der Waals surface area (Å²) in [6.45, 7) is 14.5. The van der Waals surface area contributed by atoms with Gasteiger partial charge >= 0.3 is 0 Å². The van der Waals surface area contributed by atoms with Gasteiger partial charge in [-0.3, -0.25) is 19.4 Å². The van der Waals surface area contributed by atoms with Crippen molar-refractivity contribution in [3.63, 3.8) is 0 Å². The van der Waals surface area contributed by atoms with Gasteiger partial charge in [0.1, 0.15) is 0 Å². The van der Waals surface area contributed by atoms with Crippen LogP contribution in [0.25, 0.3) is 0 Å². The summed E-state index contributed by atoms with van der Waals surface area (Å²) in [6.07, 6.45) is 0.917. The van der Waals surface area contributed by atoms with E-state index >= 15 is 0 Å². The van der Waals surface area contributed by atoms with Crippen LogP contribution in [0.4, 0.5) is 5.69 Å². The van der Waals surface area contributed by atoms with Crippen molar-refractivity contribution in [2.24, 2.45) is 5.41 Å². The largest absolute Gasteiger partial charge is 0.350 e. The van der Waals surface area contributed by atoms with Gasteiger partial charge in [-0.05, 0) is 37.8 Å². The van der Waals surface area contributed by atoms with E-state index in [0.717, 1.165) is 32.6 Å². The molecule has 0 saturated carbocycles. The number of piperazine rings is 1. The van der Waals surface area contributed by atoms with Crippen LogP contribution in [-0.4, -0.2) is 66.4 Å². The Kier molecular flexibility index (Phi) is 8.09. The van der Waals surface area contributed by atoms with E-state index in [0.29, 0.717) is 23.8 Å². The lowest BCUT2D eigenvalue weighted by molar-refractivity contribution is -0.125. The van der Waals surface area contributed by atoms with Crippen molar-refractivity contribution in [1.82, 2.24) is 15.1 Å². The second-order valence-corrected chi connectivity index (χ2v) is 10.2. The van der Waals surface area contributed by atoms with Gasteiger partial charge in [0.05, 0.1) is 23.8 Å². The van der Waals surface area contributed by atoms with Crippen LogP contribution < -0.4 is 10.6 Å². The van der Waals surface area contributed by atoms with E-state index in [4.69, 9.17) is 11.6 Å². The monoisotopic (exact) mass is 422 g/mol. The Morgan fingerprint density at radius 2 is 1.45 bits per heavy atom. The normalized spacial score (nSPS) is 16.5. The quantitative estimate of drug-likeness (QED) is 0.708. The summed E-state index contributed by atoms with van der Waals surface area (Å²) in [5.41, 5.74) is 0.563. The zero-order chi connectivity index (χ0) is 21.7. The molecule has 0 unspecified atom stereocenters. The fraction of sp³-hybridized carbons (Fsp3) is 0.636. The van der Waals surface area contributed by atoms with Crippen LogP contribution in [-0.2, 0) is 9.59 Å². The molecule has 1 aliphatic rings. The third-order valence-electron chi connectivity index (χ3n) is 4.80. The molecule has 1 heterocycles. The summed E-state index contributed by atoms with van der Waals surface area (Å²) >= 11 is 6.09. The van der Waals surface area contributed by atoms with E-state index in [9.17, 15) is 9.59 Å². The summed E-state index contributed by atoms with van der Waals surface area (Å²) in [5, 5.41) is 6.55. The van der Waals surface area contributed by atoms with Crippen LogP contribution in [0.5, 0.6) is 0 Å². The maximum Gasteiger partial charge on any atom is 0.238 e. The molecule has 0 radical (unpaired) electrons. The molecule has 1 saturated heterocycles. The summed E-state index contributed by atoms with van der Waals surface area (Å²) in [6, 6.07) is 7.22. The number of anilines is 1. The average Bonchev–Trinajstić information content (AvgIpc) is 2.56. The van der Waals surface area contributed by atoms with Crippen LogP contribution >= 0.6 is 11.6 Å². The van der Waals surface area contributed by atoms with Crippen molar-refractivity contribution in [3.05, 3.63) is 29.3 Å². The Bertz CT molecular complexity index is 707. The van der Waals surface area contributed by atoms with Gasteiger partial charge in [-0.25, -0.2) is 0 Å². The first-order valence-electron chi connectivity index (χ1n) is 10.2. The van der Waals surface area contributed by atoms with Gasteiger partial charge in [0.25, 0.3) is 0 Å². The summed E-state index contributed by atoms with van der Waals surface area (Å²) in [7, 11) is 0. The zero-order valence-electron chi connectivity index (χ0n) is 18.3. The Labute approximate surface area is 180 Å². The third-order valence-corrected chi connectivity index (χ3v) is 5.13. The number of carbonyl (C=O) groups is 2. The van der Waals surface area contributed by atoms with Crippen molar-refractivity contribution in [2.45, 2.75) is 46.6 Å². The molecule has 7 heteroatoms. The van der Waals surface area contributed by atoms with Crippen molar-refractivity contribution < 1.29 is 9.59 Å². The molecular weight excluding hydrogens is 388 g/mol. The number of amides is 2. The smallest absolute Gasteiger partial charge is 0.238 e. The number of nitrogens with one attached hydrogen (secondary N) is 2. The third kappa shape index (κ3) is 8.72. The van der Waals surface area contributed by atoms with Crippen molar-refractivity contribution >= 4 is 29.1 Å². The Balaban J connectivity index is 1.72. The fourth-order valence-electron chi connectivity index (χ4n) is 4.05. The minimum atomic E-state index is -0.228. The number of nitrogens with zero attached hydrogens (tertiary/aromatic N) is 2. The highest BCUT2D eigenvalue weighted by Crippen LogP contribution is 2.26. The number of carbonyl (C=O) groups excluding carboxylic acids is 2. The zero-order valence-corrected chi connectivity index (χ0v) is 19.1. The van der Waals surface area contributed by atoms with E-state index < -0.39 is 0 Å². The number of rotatable bonds is 7. The summed E-state index contributed by atoms with van der Waals surface area (Å²) in [5.74, 6) is -0.0163. The highest BCUT2D eigenvalue weighted by atomic mass is 35.5. The first-order valence-corrected chi connectivity index (χ1v) is 10.6. The van der Waals surface area contributed by atoms with E-state index in [1.807, 2.05) is 12.1 Å². The summed E-state index contributed by atoms with van der Waals surface area (Å²) < 4.78 is 0. The second kappa shape index (κ2) is 9.92. The molecule has 0 aromatic heterocycles. The number of halogens is 1. The average molecular weight is 423 g/mol. The van der Waals surface area contributed by atoms with E-state index in [2.05, 4.69) is 55.1 Å². The predicted octanol–water partition coefficient (Wildman–Crippen LogP) is 3.23. The number of benzene rings is 1. The van der Waals surface area contributed by atoms with Gasteiger partial charge in [-0.2, -0.15) is 0 Å². The van der Waals surface area contributed by atoms with Gasteiger partial charge in [0, 0.05) is 31.7 Å². The number of hydrogen-bond donors (Lipinski definition) is 2. The molecular formula is C22H35ClN4O2. The van der Waals surface area contributed by atoms with Crippen LogP contribution in [0, 0.1) is 5.41 Å². The molecule has 162 valence electrons. The molecule has 0 bridgehead atoms. The van der Waals surface area contributed by atoms with Gasteiger partial charge in [0.15, 0.2) is 0 Å². The van der Waals surface area contributed by atoms with Gasteiger partial charge in [-0.1, -0.05) is 44.5 Å². The van der Waals surface area contributed by atoms with Gasteiger partial charge in [0.2, 0.25) is 11.8 Å². The standard InChI is InChI=1S/C22H35ClN4O2/c1-21(2,3)16-22(4,5)25-20(29)15-27-12-10-26(11-13-27)14-19(28)24-18-9-7-6-8-17(18)23/h6-9H,10-16H2,1-5H3,(H,24,28)(H,25,29). The molecule has 1 aromatic carbocycles. The number of hydrogen-bond acceptors (Lipinski definition) is 4. The molecule has 1 fully saturated rings. The summed E-state index contributed by atoms with van der Waals surface area (Å²) in [4.78, 5) is 29.0. The molecule has 2 rings (SSSR count). The molecule has 29 heavy (non-hydrogen) atoms. The molecule has 0 aliphatic carbocycles. The Morgan fingerprint density at radius 3 is 1.97 bits per heavy atom. The number of para-hydroxylation sites is 1. The van der Waals surface area contributed by atoms with Crippen molar-refractivity contribution in [3.8, 4) is 0 Å². The van der Waals surface area contributed by atoms with Gasteiger partial charge < -0.3 is 10.6 Å². The highest BCUT2D eigenvalue weighted by molar-refractivity contribution is 6.33. The molecule has 0 atom stereocenters. The van der Waals surface area contributed by atoms with E-state index in [-0.39, 0.29) is 22.8 Å². The van der Waals surface area contributed by atoms with Crippen molar-refractivity contribution in [1.29, 1.82) is 0 Å². The molecule has 2 amide bonds. The maximum atomic E-state index is 12.5. The molecule has 6 nitrogen and oxygen atoms in total. The highest BCUT2D eigenvalue weighted by Gasteiger charge is 2.28. The lowest BCUT2D eigenvalue weighted by Gasteiger charge is -2.36. The first kappa shape index (κ1) is 23.6. The molecule has 2 N–H and O–H groups in total. The fourth-order valence-corrected chi connectivity index (χ4v) is 4.23. The van der Waals surface area contributed by atoms with E-state index in [1.54, 1.807) is 12.1 Å². The van der Waals surface area contributed by atoms with Crippen molar-refractivity contribution in [2.75, 3.05) is 44.6 Å². The van der Waals surface area contributed by atoms with Gasteiger partial charge in [-0.15, -0.1) is 0 Å². The SMILES string of the molecule is CC(C)(C)CC(C)(C)NC(=O)CN1CCN(CC(=O)Nc2ccccc2Cl)CC1. The molecule has 1 aromatic rings. The van der Waals surface area contributed by atoms with Crippen LogP contribution in [0.15, 0.2) is 24.3 Å². The van der Waals surface area contributed by atoms with E-state index in [1.165, 1.54) is 0 Å². The minimum absolute atomic E-state index is 0.0594. The Morgan fingerprint density at radius 1 is 0.931 bits per heavy atom. The lowest BCUT2D eigenvalue weighted by atomic mass is 9.82. The lowest BCUT2D eigenvalue weighted by Crippen LogP contribution is -2.53. The van der Waals surface area contributed by atoms with Crippen LogP contribution in [0.1, 0.15) is 41.0 Å². The molecule has 0 spiro atoms. The predicted molar refractivity (Wildman–Crippen MR) is 119 cm³/mol. The molecule has 1 aliphatic heterocycles. The maximum absolute atomic E-state index is 12.5. The minimum Gasteiger partial charge on any atom is -0.350 e. The van der Waals surface area contributed by atoms with Crippen LogP contribution in [0.2, 0.25) is 5.02 Å². The Hall–Kier alpha value is -1.63. The van der Waals surface area contributed by atoms with Crippen LogP contribution in [0.3, 0.4) is 0 Å².